The number of nitrogens with zero attached hydrogens (tertiary/aromatic N) is 1. The second-order valence-corrected chi connectivity index (χ2v) is 5.74. The molecule has 0 aliphatic carbocycles. The van der Waals surface area contributed by atoms with E-state index >= 15 is 0 Å². The van der Waals surface area contributed by atoms with Crippen LogP contribution in [0.3, 0.4) is 0 Å². The molecule has 23 heavy (non-hydrogen) atoms. The maximum absolute atomic E-state index is 13.2. The molecular weight excluding hydrogens is 323 g/mol. The Balaban J connectivity index is 1.63. The Morgan fingerprint density at radius 3 is 2.83 bits per heavy atom. The summed E-state index contributed by atoms with van der Waals surface area (Å²) in [5.41, 5.74) is 0.589. The molecule has 7 heteroatoms. The average molecular weight is 339 g/mol. The molecule has 0 unspecified atom stereocenters. The third-order valence-electron chi connectivity index (χ3n) is 3.82. The number of hydrogen-bond acceptors (Lipinski definition) is 4. The van der Waals surface area contributed by atoms with Crippen LogP contribution in [0.4, 0.5) is 10.1 Å². The summed E-state index contributed by atoms with van der Waals surface area (Å²) >= 11 is 5.77. The van der Waals surface area contributed by atoms with Crippen LogP contribution in [0.1, 0.15) is 17.9 Å². The molecule has 2 N–H and O–H groups in total. The highest BCUT2D eigenvalue weighted by molar-refractivity contribution is 6.31. The molecule has 0 bridgehead atoms. The van der Waals surface area contributed by atoms with E-state index in [9.17, 15) is 9.18 Å². The SMILES string of the molecule is O=C1[C@H](NCc2ccc(CO)o2)CCN1c1ccc(F)c(Cl)c1. The van der Waals surface area contributed by atoms with Gasteiger partial charge in [-0.1, -0.05) is 11.6 Å². The number of amides is 1. The molecule has 0 radical (unpaired) electrons. The largest absolute Gasteiger partial charge is 0.462 e. The highest BCUT2D eigenvalue weighted by Crippen LogP contribution is 2.26. The van der Waals surface area contributed by atoms with Crippen LogP contribution in [0.2, 0.25) is 5.02 Å². The topological polar surface area (TPSA) is 65.7 Å². The van der Waals surface area contributed by atoms with E-state index in [2.05, 4.69) is 5.32 Å². The maximum Gasteiger partial charge on any atom is 0.244 e. The maximum atomic E-state index is 13.2. The molecule has 1 aliphatic rings. The number of aliphatic hydroxyl groups excluding tert-OH is 1. The number of nitrogens with one attached hydrogen (secondary N) is 1. The molecule has 1 amide bonds. The van der Waals surface area contributed by atoms with Crippen molar-refractivity contribution >= 4 is 23.2 Å². The minimum Gasteiger partial charge on any atom is -0.462 e. The zero-order valence-electron chi connectivity index (χ0n) is 12.3. The molecule has 1 aromatic carbocycles. The van der Waals surface area contributed by atoms with Crippen molar-refractivity contribution in [3.8, 4) is 0 Å². The minimum absolute atomic E-state index is 0.00109. The van der Waals surface area contributed by atoms with Crippen LogP contribution in [0, 0.1) is 5.82 Å². The van der Waals surface area contributed by atoms with Gasteiger partial charge in [0.15, 0.2) is 0 Å². The molecule has 1 aliphatic heterocycles. The van der Waals surface area contributed by atoms with Crippen LogP contribution in [-0.2, 0) is 17.9 Å². The van der Waals surface area contributed by atoms with Crippen LogP contribution in [0.5, 0.6) is 0 Å². The van der Waals surface area contributed by atoms with E-state index in [1.807, 2.05) is 0 Å². The molecule has 1 atom stereocenters. The predicted molar refractivity (Wildman–Crippen MR) is 83.6 cm³/mol. The number of hydrogen-bond donors (Lipinski definition) is 2. The monoisotopic (exact) mass is 338 g/mol. The molecule has 2 heterocycles. The lowest BCUT2D eigenvalue weighted by Crippen LogP contribution is -2.37. The van der Waals surface area contributed by atoms with Gasteiger partial charge in [-0.05, 0) is 36.8 Å². The molecule has 1 aromatic heterocycles. The van der Waals surface area contributed by atoms with E-state index in [0.29, 0.717) is 36.7 Å². The Morgan fingerprint density at radius 1 is 1.35 bits per heavy atom. The molecule has 2 aromatic rings. The van der Waals surface area contributed by atoms with Gasteiger partial charge in [0, 0.05) is 12.2 Å². The van der Waals surface area contributed by atoms with Crippen LogP contribution < -0.4 is 10.2 Å². The van der Waals surface area contributed by atoms with Crippen molar-refractivity contribution in [2.75, 3.05) is 11.4 Å². The summed E-state index contributed by atoms with van der Waals surface area (Å²) in [7, 11) is 0. The fraction of sp³-hybridized carbons (Fsp3) is 0.312. The van der Waals surface area contributed by atoms with Crippen LogP contribution in [0.15, 0.2) is 34.7 Å². The number of furan rings is 1. The van der Waals surface area contributed by atoms with E-state index in [4.69, 9.17) is 21.1 Å². The van der Waals surface area contributed by atoms with Crippen molar-refractivity contribution in [1.29, 1.82) is 0 Å². The summed E-state index contributed by atoms with van der Waals surface area (Å²) in [6.45, 7) is 0.786. The van der Waals surface area contributed by atoms with Crippen molar-refractivity contribution < 1.29 is 18.7 Å². The van der Waals surface area contributed by atoms with Gasteiger partial charge in [-0.2, -0.15) is 0 Å². The first-order valence-electron chi connectivity index (χ1n) is 7.26. The van der Waals surface area contributed by atoms with E-state index in [-0.39, 0.29) is 23.6 Å². The lowest BCUT2D eigenvalue weighted by Gasteiger charge is -2.17. The number of rotatable bonds is 5. The van der Waals surface area contributed by atoms with Crippen LogP contribution in [-0.4, -0.2) is 23.6 Å². The van der Waals surface area contributed by atoms with Gasteiger partial charge in [-0.15, -0.1) is 0 Å². The van der Waals surface area contributed by atoms with Gasteiger partial charge < -0.3 is 14.4 Å². The summed E-state index contributed by atoms with van der Waals surface area (Å²) in [6, 6.07) is 7.38. The minimum atomic E-state index is -0.505. The van der Waals surface area contributed by atoms with Gasteiger partial charge >= 0.3 is 0 Å². The second-order valence-electron chi connectivity index (χ2n) is 5.34. The van der Waals surface area contributed by atoms with Gasteiger partial charge in [0.05, 0.1) is 17.6 Å². The van der Waals surface area contributed by atoms with Crippen molar-refractivity contribution in [3.63, 3.8) is 0 Å². The Hall–Kier alpha value is -1.89. The summed E-state index contributed by atoms with van der Waals surface area (Å²) in [5, 5.41) is 12.1. The average Bonchev–Trinajstić information content (AvgIpc) is 3.15. The smallest absolute Gasteiger partial charge is 0.244 e. The van der Waals surface area contributed by atoms with Gasteiger partial charge in [-0.3, -0.25) is 10.1 Å². The third kappa shape index (κ3) is 3.39. The third-order valence-corrected chi connectivity index (χ3v) is 4.11. The summed E-state index contributed by atoms with van der Waals surface area (Å²) in [6.07, 6.45) is 0.640. The molecule has 122 valence electrons. The standard InChI is InChI=1S/C16H16ClFN2O3/c17-13-7-10(1-4-14(13)18)20-6-5-15(16(20)22)19-8-11-2-3-12(9-21)23-11/h1-4,7,15,19,21H,5-6,8-9H2/t15-/m1/s1. The van der Waals surface area contributed by atoms with Crippen LogP contribution in [0.25, 0.3) is 0 Å². The lowest BCUT2D eigenvalue weighted by molar-refractivity contribution is -0.118. The highest BCUT2D eigenvalue weighted by Gasteiger charge is 2.32. The quantitative estimate of drug-likeness (QED) is 0.879. The van der Waals surface area contributed by atoms with Crippen molar-refractivity contribution in [2.45, 2.75) is 25.6 Å². The number of anilines is 1. The Labute approximate surface area is 137 Å². The fourth-order valence-corrected chi connectivity index (χ4v) is 2.78. The number of carbonyl (C=O) groups is 1. The van der Waals surface area contributed by atoms with E-state index in [0.717, 1.165) is 0 Å². The van der Waals surface area contributed by atoms with Crippen LogP contribution >= 0.6 is 11.6 Å². The van der Waals surface area contributed by atoms with Gasteiger partial charge in [0.2, 0.25) is 5.91 Å². The first-order valence-corrected chi connectivity index (χ1v) is 7.64. The number of aliphatic hydroxyl groups is 1. The Kier molecular flexibility index (Phi) is 4.66. The molecule has 0 saturated carbocycles. The molecule has 3 rings (SSSR count). The summed E-state index contributed by atoms with van der Waals surface area (Å²) in [5.74, 6) is 0.558. The number of benzene rings is 1. The summed E-state index contributed by atoms with van der Waals surface area (Å²) < 4.78 is 18.6. The Morgan fingerprint density at radius 2 is 2.13 bits per heavy atom. The van der Waals surface area contributed by atoms with Gasteiger partial charge in [0.25, 0.3) is 0 Å². The summed E-state index contributed by atoms with van der Waals surface area (Å²) in [4.78, 5) is 14.0. The zero-order valence-corrected chi connectivity index (χ0v) is 13.0. The molecule has 1 fully saturated rings. The molecule has 5 nitrogen and oxygen atoms in total. The first kappa shape index (κ1) is 16.0. The zero-order chi connectivity index (χ0) is 16.4. The van der Waals surface area contributed by atoms with E-state index in [1.165, 1.54) is 12.1 Å². The predicted octanol–water partition coefficient (Wildman–Crippen LogP) is 2.46. The first-order chi connectivity index (χ1) is 11.1. The fourth-order valence-electron chi connectivity index (χ4n) is 2.60. The molecule has 0 spiro atoms. The second kappa shape index (κ2) is 6.70. The molecule has 1 saturated heterocycles. The highest BCUT2D eigenvalue weighted by atomic mass is 35.5. The van der Waals surface area contributed by atoms with E-state index < -0.39 is 5.82 Å². The van der Waals surface area contributed by atoms with Crippen molar-refractivity contribution in [3.05, 3.63) is 52.7 Å². The number of carbonyl (C=O) groups excluding carboxylic acids is 1. The van der Waals surface area contributed by atoms with Crippen molar-refractivity contribution in [1.82, 2.24) is 5.32 Å². The number of halogens is 2. The Bertz CT molecular complexity index is 719. The van der Waals surface area contributed by atoms with Crippen molar-refractivity contribution in [2.24, 2.45) is 0 Å². The van der Waals surface area contributed by atoms with Gasteiger partial charge in [0.1, 0.15) is 23.9 Å². The lowest BCUT2D eigenvalue weighted by atomic mass is 10.2. The van der Waals surface area contributed by atoms with E-state index in [1.54, 1.807) is 23.1 Å². The molecular formula is C16H16ClFN2O3. The normalized spacial score (nSPS) is 18.0. The van der Waals surface area contributed by atoms with Gasteiger partial charge in [-0.25, -0.2) is 4.39 Å².